The first-order valence-corrected chi connectivity index (χ1v) is 12.2. The molecule has 1 amide bonds. The van der Waals surface area contributed by atoms with E-state index in [0.29, 0.717) is 29.1 Å². The highest BCUT2D eigenvalue weighted by Gasteiger charge is 2.21. The number of amides is 1. The molecular formula is C26H51N11O. The Balaban J connectivity index is -0.000000902. The molecule has 0 bridgehead atoms. The summed E-state index contributed by atoms with van der Waals surface area (Å²) in [5.74, 6) is 1.71. The number of para-hydroxylation sites is 2. The first-order valence-electron chi connectivity index (χ1n) is 12.2. The highest BCUT2D eigenvalue weighted by Crippen LogP contribution is 2.26. The fraction of sp³-hybridized carbons (Fsp3) is 0.385. The number of carbonyl (C=O) groups is 1. The Kier molecular flexibility index (Phi) is 13.1. The Morgan fingerprint density at radius 2 is 1.16 bits per heavy atom. The van der Waals surface area contributed by atoms with Crippen molar-refractivity contribution in [1.82, 2.24) is 39.6 Å². The molecule has 12 nitrogen and oxygen atoms in total. The monoisotopic (exact) mass is 533 g/mol. The average molecular weight is 534 g/mol. The lowest BCUT2D eigenvalue weighted by Gasteiger charge is -2.30. The van der Waals surface area contributed by atoms with Gasteiger partial charge in [-0.05, 0) is 62.8 Å². The maximum absolute atomic E-state index is 13.0. The van der Waals surface area contributed by atoms with Gasteiger partial charge in [-0.2, -0.15) is 15.0 Å². The van der Waals surface area contributed by atoms with Gasteiger partial charge in [0.1, 0.15) is 0 Å². The van der Waals surface area contributed by atoms with E-state index >= 15 is 0 Å². The van der Waals surface area contributed by atoms with Crippen LogP contribution in [0.1, 0.15) is 54.6 Å². The van der Waals surface area contributed by atoms with Crippen LogP contribution in [0.25, 0.3) is 0 Å². The zero-order valence-electron chi connectivity index (χ0n) is 22.2. The van der Waals surface area contributed by atoms with Crippen molar-refractivity contribution < 1.29 is 10.5 Å². The second kappa shape index (κ2) is 15.4. The molecular weight excluding hydrogens is 482 g/mol. The molecule has 5 rings (SSSR count). The molecule has 12 heteroatoms. The molecule has 2 aliphatic heterocycles. The molecule has 0 saturated carbocycles. The summed E-state index contributed by atoms with van der Waals surface area (Å²) in [6.45, 7) is 3.83. The molecule has 0 atom stereocenters. The normalized spacial score (nSPS) is 14.5. The van der Waals surface area contributed by atoms with Crippen LogP contribution in [-0.4, -0.2) is 47.0 Å². The maximum atomic E-state index is 13.0. The van der Waals surface area contributed by atoms with Gasteiger partial charge < -0.3 is 45.0 Å². The summed E-state index contributed by atoms with van der Waals surface area (Å²) in [5, 5.41) is 6.28. The number of hydrogen-bond acceptors (Lipinski definition) is 11. The van der Waals surface area contributed by atoms with E-state index in [-0.39, 0.29) is 36.2 Å². The van der Waals surface area contributed by atoms with Crippen molar-refractivity contribution in [1.29, 1.82) is 0 Å². The lowest BCUT2D eigenvalue weighted by Crippen LogP contribution is -2.34. The molecule has 3 heterocycles. The second-order valence-corrected chi connectivity index (χ2v) is 8.85. The summed E-state index contributed by atoms with van der Waals surface area (Å²) >= 11 is 0. The number of hydrogen-bond donors (Lipinski definition) is 6. The lowest BCUT2D eigenvalue weighted by atomic mass is 10.1. The Bertz CT molecular complexity index is 1100. The standard InChI is InChI=1S/C26H31N7O.4H3N.4H2/c34-23(27-20-12-4-1-5-13-20)21-14-6-7-15-22(21)28-24-29-25(32-16-8-2-9-17-32)31-26(30-24)33-18-10-3-11-19-33;;;;;;;;/h1,4-7,12-15H,2-3,8-11,16-19H2,(H,27,34)(H,28,29,30,31);4*1H3;4*1H. The predicted octanol–water partition coefficient (Wildman–Crippen LogP) is 6.48. The van der Waals surface area contributed by atoms with Crippen LogP contribution < -0.4 is 45.0 Å². The van der Waals surface area contributed by atoms with Crippen LogP contribution in [0.3, 0.4) is 0 Å². The van der Waals surface area contributed by atoms with E-state index < -0.39 is 0 Å². The van der Waals surface area contributed by atoms with Crippen molar-refractivity contribution in [3.8, 4) is 0 Å². The van der Waals surface area contributed by atoms with Gasteiger partial charge in [-0.1, -0.05) is 30.3 Å². The van der Waals surface area contributed by atoms with Crippen molar-refractivity contribution in [3.05, 3.63) is 60.2 Å². The van der Waals surface area contributed by atoms with E-state index in [1.165, 1.54) is 12.8 Å². The predicted molar refractivity (Wildman–Crippen MR) is 165 cm³/mol. The van der Waals surface area contributed by atoms with Crippen LogP contribution in [0, 0.1) is 0 Å². The van der Waals surface area contributed by atoms with E-state index in [4.69, 9.17) is 15.0 Å². The van der Waals surface area contributed by atoms with E-state index in [0.717, 1.165) is 57.5 Å². The van der Waals surface area contributed by atoms with Gasteiger partial charge >= 0.3 is 0 Å². The van der Waals surface area contributed by atoms with Gasteiger partial charge in [0.15, 0.2) is 0 Å². The van der Waals surface area contributed by atoms with Gasteiger partial charge in [-0.15, -0.1) is 0 Å². The molecule has 1 aromatic heterocycles. The third-order valence-electron chi connectivity index (χ3n) is 6.34. The molecule has 3 aromatic rings. The van der Waals surface area contributed by atoms with Crippen molar-refractivity contribution in [2.45, 2.75) is 38.5 Å². The third kappa shape index (κ3) is 7.83. The minimum Gasteiger partial charge on any atom is -0.344 e. The second-order valence-electron chi connectivity index (χ2n) is 8.85. The summed E-state index contributed by atoms with van der Waals surface area (Å²) in [5.41, 5.74) is 1.95. The highest BCUT2D eigenvalue weighted by molar-refractivity contribution is 6.08. The number of piperidine rings is 2. The quantitative estimate of drug-likeness (QED) is 0.201. The fourth-order valence-corrected chi connectivity index (χ4v) is 4.51. The lowest BCUT2D eigenvalue weighted by molar-refractivity contribution is 0.102. The largest absolute Gasteiger partial charge is 0.344 e. The summed E-state index contributed by atoms with van der Waals surface area (Å²) in [7, 11) is 0. The van der Waals surface area contributed by atoms with Gasteiger partial charge in [0.25, 0.3) is 5.91 Å². The van der Waals surface area contributed by atoms with Crippen molar-refractivity contribution in [2.75, 3.05) is 46.6 Å². The van der Waals surface area contributed by atoms with Crippen LogP contribution in [-0.2, 0) is 0 Å². The maximum Gasteiger partial charge on any atom is 0.257 e. The van der Waals surface area contributed by atoms with Crippen LogP contribution in [0.2, 0.25) is 0 Å². The molecule has 2 saturated heterocycles. The Labute approximate surface area is 230 Å². The molecule has 14 N–H and O–H groups in total. The number of carbonyl (C=O) groups excluding carboxylic acids is 1. The number of benzene rings is 2. The van der Waals surface area contributed by atoms with Crippen molar-refractivity contribution >= 4 is 35.1 Å². The zero-order chi connectivity index (χ0) is 23.2. The van der Waals surface area contributed by atoms with Gasteiger partial charge in [0.05, 0.1) is 11.3 Å². The minimum absolute atomic E-state index is 0. The van der Waals surface area contributed by atoms with Crippen molar-refractivity contribution in [2.24, 2.45) is 0 Å². The summed E-state index contributed by atoms with van der Waals surface area (Å²) < 4.78 is 0. The average Bonchev–Trinajstić information content (AvgIpc) is 2.90. The van der Waals surface area contributed by atoms with Crippen molar-refractivity contribution in [3.63, 3.8) is 0 Å². The molecule has 2 fully saturated rings. The molecule has 216 valence electrons. The molecule has 0 unspecified atom stereocenters. The zero-order valence-corrected chi connectivity index (χ0v) is 22.2. The number of aromatic nitrogens is 3. The fourth-order valence-electron chi connectivity index (χ4n) is 4.51. The number of nitrogens with one attached hydrogen (secondary N) is 2. The molecule has 38 heavy (non-hydrogen) atoms. The van der Waals surface area contributed by atoms with Gasteiger partial charge in [0.2, 0.25) is 17.8 Å². The highest BCUT2D eigenvalue weighted by atomic mass is 16.1. The summed E-state index contributed by atoms with van der Waals surface area (Å²) in [6, 6.07) is 16.9. The molecule has 0 aliphatic carbocycles. The van der Waals surface area contributed by atoms with E-state index in [1.807, 2.05) is 48.5 Å². The summed E-state index contributed by atoms with van der Waals surface area (Å²) in [6.07, 6.45) is 7.09. The van der Waals surface area contributed by atoms with Gasteiger partial charge in [0, 0.05) is 37.6 Å². The van der Waals surface area contributed by atoms with Crippen LogP contribution in [0.15, 0.2) is 54.6 Å². The minimum atomic E-state index is -0.184. The van der Waals surface area contributed by atoms with Crippen LogP contribution in [0.5, 0.6) is 0 Å². The Morgan fingerprint density at radius 3 is 1.71 bits per heavy atom. The number of rotatable bonds is 6. The SMILES string of the molecule is N.N.N.N.O=C(Nc1ccccc1)c1ccccc1Nc1nc(N2CCCCC2)nc(N2CCCCC2)n1.[HH].[HH].[HH].[HH]. The molecule has 0 spiro atoms. The van der Waals surface area contributed by atoms with E-state index in [9.17, 15) is 4.79 Å². The summed E-state index contributed by atoms with van der Waals surface area (Å²) in [4.78, 5) is 31.9. The first-order chi connectivity index (χ1) is 16.8. The number of anilines is 5. The van der Waals surface area contributed by atoms with Crippen LogP contribution >= 0.6 is 0 Å². The first kappa shape index (κ1) is 32.2. The topological polar surface area (TPSA) is 226 Å². The van der Waals surface area contributed by atoms with Gasteiger partial charge in [-0.25, -0.2) is 0 Å². The smallest absolute Gasteiger partial charge is 0.257 e. The molecule has 2 aromatic carbocycles. The van der Waals surface area contributed by atoms with E-state index in [1.54, 1.807) is 6.07 Å². The van der Waals surface area contributed by atoms with E-state index in [2.05, 4.69) is 20.4 Å². The van der Waals surface area contributed by atoms with Crippen LogP contribution in [0.4, 0.5) is 29.2 Å². The Morgan fingerprint density at radius 1 is 0.658 bits per heavy atom. The number of nitrogens with zero attached hydrogens (tertiary/aromatic N) is 5. The van der Waals surface area contributed by atoms with Gasteiger partial charge in [-0.3, -0.25) is 4.79 Å². The molecule has 2 aliphatic rings. The Hall–Kier alpha value is -3.84. The molecule has 0 radical (unpaired) electrons. The third-order valence-corrected chi connectivity index (χ3v) is 6.34.